The molecule has 0 radical (unpaired) electrons. The Bertz CT molecular complexity index is 565. The van der Waals surface area contributed by atoms with Crippen LogP contribution in [0.3, 0.4) is 0 Å². The summed E-state index contributed by atoms with van der Waals surface area (Å²) in [6, 6.07) is 2.07. The van der Waals surface area contributed by atoms with Crippen LogP contribution in [-0.2, 0) is 6.42 Å². The van der Waals surface area contributed by atoms with Gasteiger partial charge in [-0.05, 0) is 12.1 Å². The number of aromatic nitrogens is 3. The largest absolute Gasteiger partial charge is 0.351 e. The van der Waals surface area contributed by atoms with E-state index in [9.17, 15) is 13.6 Å². The van der Waals surface area contributed by atoms with Gasteiger partial charge in [0, 0.05) is 17.4 Å². The smallest absolute Gasteiger partial charge is 0.257 e. The third-order valence-corrected chi connectivity index (χ3v) is 2.80. The maximum Gasteiger partial charge on any atom is 0.257 e. The van der Waals surface area contributed by atoms with E-state index in [1.165, 1.54) is 6.33 Å². The average molecular weight is 331 g/mol. The summed E-state index contributed by atoms with van der Waals surface area (Å²) in [7, 11) is 0. The first kappa shape index (κ1) is 13.6. The molecule has 0 aliphatic carbocycles. The zero-order chi connectivity index (χ0) is 13.8. The molecule has 0 aliphatic heterocycles. The monoisotopic (exact) mass is 330 g/mol. The SMILES string of the molecule is O=C(NCCc1ncn[nH]1)c1c(F)cc(Br)cc1F. The minimum absolute atomic E-state index is 0.197. The van der Waals surface area contributed by atoms with Gasteiger partial charge in [0.15, 0.2) is 0 Å². The first-order chi connectivity index (χ1) is 9.08. The zero-order valence-electron chi connectivity index (χ0n) is 9.58. The Hall–Kier alpha value is -1.83. The highest BCUT2D eigenvalue weighted by Gasteiger charge is 2.17. The molecule has 0 spiro atoms. The van der Waals surface area contributed by atoms with Crippen LogP contribution in [0.1, 0.15) is 16.2 Å². The van der Waals surface area contributed by atoms with E-state index in [0.717, 1.165) is 12.1 Å². The van der Waals surface area contributed by atoms with Crippen LogP contribution in [0.5, 0.6) is 0 Å². The Labute approximate surface area is 115 Å². The van der Waals surface area contributed by atoms with Crippen LogP contribution in [0.15, 0.2) is 22.9 Å². The van der Waals surface area contributed by atoms with Crippen LogP contribution in [0.25, 0.3) is 0 Å². The van der Waals surface area contributed by atoms with Gasteiger partial charge in [-0.1, -0.05) is 15.9 Å². The molecule has 0 fully saturated rings. The molecule has 0 atom stereocenters. The van der Waals surface area contributed by atoms with Crippen molar-refractivity contribution in [3.63, 3.8) is 0 Å². The highest BCUT2D eigenvalue weighted by Crippen LogP contribution is 2.19. The van der Waals surface area contributed by atoms with Crippen LogP contribution in [0.4, 0.5) is 8.78 Å². The molecule has 1 amide bonds. The average Bonchev–Trinajstić information content (AvgIpc) is 2.80. The molecule has 1 heterocycles. The minimum Gasteiger partial charge on any atom is -0.351 e. The molecule has 0 bridgehead atoms. The normalized spacial score (nSPS) is 10.5. The van der Waals surface area contributed by atoms with E-state index in [0.29, 0.717) is 12.2 Å². The van der Waals surface area contributed by atoms with Crippen molar-refractivity contribution in [3.05, 3.63) is 46.0 Å². The third-order valence-electron chi connectivity index (χ3n) is 2.35. The van der Waals surface area contributed by atoms with E-state index in [1.54, 1.807) is 0 Å². The third kappa shape index (κ3) is 3.34. The molecule has 0 saturated heterocycles. The number of carbonyl (C=O) groups is 1. The Morgan fingerprint density at radius 2 is 2.05 bits per heavy atom. The van der Waals surface area contributed by atoms with Gasteiger partial charge in [-0.25, -0.2) is 13.8 Å². The molecule has 2 aromatic rings. The summed E-state index contributed by atoms with van der Waals surface area (Å²) in [4.78, 5) is 15.5. The summed E-state index contributed by atoms with van der Waals surface area (Å²) in [6.45, 7) is 0.197. The first-order valence-corrected chi connectivity index (χ1v) is 6.14. The Morgan fingerprint density at radius 3 is 2.63 bits per heavy atom. The predicted octanol–water partition coefficient (Wildman–Crippen LogP) is 1.82. The lowest BCUT2D eigenvalue weighted by molar-refractivity contribution is 0.0945. The molecule has 5 nitrogen and oxygen atoms in total. The highest BCUT2D eigenvalue weighted by atomic mass is 79.9. The molecule has 100 valence electrons. The van der Waals surface area contributed by atoms with E-state index in [4.69, 9.17) is 0 Å². The summed E-state index contributed by atoms with van der Waals surface area (Å²) in [5.74, 6) is -2.05. The molecule has 0 unspecified atom stereocenters. The van der Waals surface area contributed by atoms with Gasteiger partial charge in [0.25, 0.3) is 5.91 Å². The van der Waals surface area contributed by atoms with Gasteiger partial charge in [-0.15, -0.1) is 0 Å². The number of aromatic amines is 1. The van der Waals surface area contributed by atoms with E-state index in [-0.39, 0.29) is 11.0 Å². The number of carbonyl (C=O) groups excluding carboxylic acids is 1. The van der Waals surface area contributed by atoms with Crippen molar-refractivity contribution in [2.24, 2.45) is 0 Å². The summed E-state index contributed by atoms with van der Waals surface area (Å²) in [5, 5.41) is 8.67. The number of nitrogens with one attached hydrogen (secondary N) is 2. The molecule has 2 N–H and O–H groups in total. The lowest BCUT2D eigenvalue weighted by Crippen LogP contribution is -2.27. The first-order valence-electron chi connectivity index (χ1n) is 5.35. The summed E-state index contributed by atoms with van der Waals surface area (Å²) in [6.07, 6.45) is 1.73. The van der Waals surface area contributed by atoms with E-state index in [2.05, 4.69) is 36.4 Å². The minimum atomic E-state index is -0.913. The number of benzene rings is 1. The van der Waals surface area contributed by atoms with Gasteiger partial charge in [0.05, 0.1) is 0 Å². The van der Waals surface area contributed by atoms with E-state index < -0.39 is 23.1 Å². The number of amides is 1. The van der Waals surface area contributed by atoms with Gasteiger partial charge in [0.1, 0.15) is 29.3 Å². The van der Waals surface area contributed by atoms with Crippen molar-refractivity contribution in [2.45, 2.75) is 6.42 Å². The molecular formula is C11H9BrF2N4O. The fourth-order valence-corrected chi connectivity index (χ4v) is 1.90. The van der Waals surface area contributed by atoms with Crippen molar-refractivity contribution < 1.29 is 13.6 Å². The summed E-state index contributed by atoms with van der Waals surface area (Å²) < 4.78 is 27.2. The van der Waals surface area contributed by atoms with Gasteiger partial charge in [-0.2, -0.15) is 5.10 Å². The molecular weight excluding hydrogens is 322 g/mol. The van der Waals surface area contributed by atoms with Crippen molar-refractivity contribution in [3.8, 4) is 0 Å². The topological polar surface area (TPSA) is 70.7 Å². The number of nitrogens with zero attached hydrogens (tertiary/aromatic N) is 2. The molecule has 0 aliphatic rings. The van der Waals surface area contributed by atoms with Crippen LogP contribution >= 0.6 is 15.9 Å². The maximum absolute atomic E-state index is 13.5. The second kappa shape index (κ2) is 5.87. The van der Waals surface area contributed by atoms with Crippen molar-refractivity contribution in [1.82, 2.24) is 20.5 Å². The van der Waals surface area contributed by atoms with Gasteiger partial charge in [0.2, 0.25) is 0 Å². The zero-order valence-corrected chi connectivity index (χ0v) is 11.2. The lowest BCUT2D eigenvalue weighted by atomic mass is 10.2. The highest BCUT2D eigenvalue weighted by molar-refractivity contribution is 9.10. The second-order valence-corrected chi connectivity index (χ2v) is 4.60. The van der Waals surface area contributed by atoms with Crippen LogP contribution < -0.4 is 5.32 Å². The Morgan fingerprint density at radius 1 is 1.37 bits per heavy atom. The van der Waals surface area contributed by atoms with Crippen LogP contribution in [0.2, 0.25) is 0 Å². The number of halogens is 3. The molecule has 1 aromatic carbocycles. The number of rotatable bonds is 4. The lowest BCUT2D eigenvalue weighted by Gasteiger charge is -2.06. The van der Waals surface area contributed by atoms with Crippen LogP contribution in [-0.4, -0.2) is 27.6 Å². The van der Waals surface area contributed by atoms with Crippen molar-refractivity contribution >= 4 is 21.8 Å². The number of hydrogen-bond acceptors (Lipinski definition) is 3. The quantitative estimate of drug-likeness (QED) is 0.898. The molecule has 19 heavy (non-hydrogen) atoms. The summed E-state index contributed by atoms with van der Waals surface area (Å²) in [5.41, 5.74) is -0.597. The van der Waals surface area contributed by atoms with Crippen LogP contribution in [0, 0.1) is 11.6 Å². The second-order valence-electron chi connectivity index (χ2n) is 3.68. The molecule has 1 aromatic heterocycles. The van der Waals surface area contributed by atoms with Gasteiger partial charge >= 0.3 is 0 Å². The molecule has 2 rings (SSSR count). The van der Waals surface area contributed by atoms with E-state index in [1.807, 2.05) is 0 Å². The maximum atomic E-state index is 13.5. The fraction of sp³-hybridized carbons (Fsp3) is 0.182. The Kier molecular flexibility index (Phi) is 4.20. The van der Waals surface area contributed by atoms with E-state index >= 15 is 0 Å². The number of hydrogen-bond donors (Lipinski definition) is 2. The fourth-order valence-electron chi connectivity index (χ4n) is 1.49. The molecule has 0 saturated carbocycles. The molecule has 8 heteroatoms. The van der Waals surface area contributed by atoms with Crippen molar-refractivity contribution in [1.29, 1.82) is 0 Å². The van der Waals surface area contributed by atoms with Crippen molar-refractivity contribution in [2.75, 3.05) is 6.54 Å². The predicted molar refractivity (Wildman–Crippen MR) is 66.5 cm³/mol. The van der Waals surface area contributed by atoms with Gasteiger partial charge < -0.3 is 5.32 Å². The Balaban J connectivity index is 2.00. The number of H-pyrrole nitrogens is 1. The standard InChI is InChI=1S/C11H9BrF2N4O/c12-6-3-7(13)10(8(14)4-6)11(19)15-2-1-9-16-5-17-18-9/h3-5H,1-2H2,(H,15,19)(H,16,17,18). The summed E-state index contributed by atoms with van der Waals surface area (Å²) >= 11 is 2.94. The van der Waals surface area contributed by atoms with Gasteiger partial charge in [-0.3, -0.25) is 9.89 Å².